The number of para-hydroxylation sites is 1. The Kier molecular flexibility index (Phi) is 5.76. The minimum atomic E-state index is -4.49. The molecule has 0 radical (unpaired) electrons. The van der Waals surface area contributed by atoms with Gasteiger partial charge in [0.25, 0.3) is 10.1 Å². The molecule has 0 aliphatic heterocycles. The number of ether oxygens (including phenoxy) is 1. The highest BCUT2D eigenvalue weighted by molar-refractivity contribution is 7.86. The molecule has 1 atom stereocenters. The Morgan fingerprint density at radius 2 is 1.78 bits per heavy atom. The number of rotatable bonds is 8. The number of aliphatic hydroxyl groups is 1. The molecule has 0 spiro atoms. The van der Waals surface area contributed by atoms with Crippen LogP contribution in [0.2, 0.25) is 0 Å². The summed E-state index contributed by atoms with van der Waals surface area (Å²) in [5, 5.41) is 10.8. The number of hydrogen-bond acceptors (Lipinski definition) is 4. The molecule has 27 heavy (non-hydrogen) atoms. The summed E-state index contributed by atoms with van der Waals surface area (Å²) in [7, 11) is -4.49. The lowest BCUT2D eigenvalue weighted by molar-refractivity contribution is 0.0405. The minimum absolute atomic E-state index is 0.0773. The molecule has 142 valence electrons. The van der Waals surface area contributed by atoms with Gasteiger partial charge in [-0.15, -0.1) is 6.58 Å². The van der Waals surface area contributed by atoms with Crippen molar-refractivity contribution in [3.63, 3.8) is 0 Å². The number of fused-ring (bicyclic) bond motifs is 1. The van der Waals surface area contributed by atoms with Gasteiger partial charge >= 0.3 is 0 Å². The maximum absolute atomic E-state index is 12.2. The number of nitrogens with zero attached hydrogens (tertiary/aromatic N) is 1. The van der Waals surface area contributed by atoms with Crippen LogP contribution in [0.5, 0.6) is 0 Å². The van der Waals surface area contributed by atoms with Crippen molar-refractivity contribution in [2.24, 2.45) is 0 Å². The van der Waals surface area contributed by atoms with Crippen molar-refractivity contribution >= 4 is 21.0 Å². The van der Waals surface area contributed by atoms with Crippen LogP contribution < -0.4 is 0 Å². The molecule has 2 N–H and O–H groups in total. The van der Waals surface area contributed by atoms with E-state index in [-0.39, 0.29) is 18.0 Å². The van der Waals surface area contributed by atoms with Gasteiger partial charge < -0.3 is 14.4 Å². The monoisotopic (exact) mass is 387 g/mol. The summed E-state index contributed by atoms with van der Waals surface area (Å²) in [5.74, 6) is 0. The van der Waals surface area contributed by atoms with Gasteiger partial charge in [-0.25, -0.2) is 0 Å². The smallest absolute Gasteiger partial charge is 0.297 e. The molecule has 0 saturated heterocycles. The quantitative estimate of drug-likeness (QED) is 0.352. The van der Waals surface area contributed by atoms with Gasteiger partial charge in [0.15, 0.2) is 0 Å². The van der Waals surface area contributed by atoms with Crippen LogP contribution in [0, 0.1) is 0 Å². The third-order valence-electron chi connectivity index (χ3n) is 4.17. The molecule has 0 aliphatic carbocycles. The summed E-state index contributed by atoms with van der Waals surface area (Å²) >= 11 is 0. The second kappa shape index (κ2) is 8.06. The maximum atomic E-state index is 12.2. The lowest BCUT2D eigenvalue weighted by atomic mass is 10.1. The summed E-state index contributed by atoms with van der Waals surface area (Å²) in [6.45, 7) is 4.06. The van der Waals surface area contributed by atoms with Crippen LogP contribution in [-0.4, -0.2) is 42.0 Å². The zero-order valence-corrected chi connectivity index (χ0v) is 15.5. The summed E-state index contributed by atoms with van der Waals surface area (Å²) < 4.78 is 41.3. The molecule has 7 heteroatoms. The Bertz CT molecular complexity index is 1040. The van der Waals surface area contributed by atoms with Crippen molar-refractivity contribution < 1.29 is 22.8 Å². The van der Waals surface area contributed by atoms with E-state index in [9.17, 15) is 18.1 Å². The maximum Gasteiger partial charge on any atom is 0.297 e. The first-order valence-electron chi connectivity index (χ1n) is 8.44. The van der Waals surface area contributed by atoms with Gasteiger partial charge in [0.05, 0.1) is 37.1 Å². The Labute approximate surface area is 158 Å². The van der Waals surface area contributed by atoms with E-state index in [0.717, 1.165) is 0 Å². The highest BCUT2D eigenvalue weighted by Gasteiger charge is 2.27. The average Bonchev–Trinajstić information content (AvgIpc) is 2.97. The third kappa shape index (κ3) is 4.12. The molecule has 1 unspecified atom stereocenters. The van der Waals surface area contributed by atoms with Gasteiger partial charge in [0, 0.05) is 5.39 Å². The standard InChI is InChI=1S/C20H21NO5S/c1-2-12-26-14-16(22)13-21-18-11-7-6-10-17(18)20(27(23,24)25)19(21)15-8-4-3-5-9-15/h2-11,16,22H,1,12-14H2,(H,23,24,25). The molecule has 1 aromatic heterocycles. The van der Waals surface area contributed by atoms with E-state index in [1.54, 1.807) is 59.2 Å². The predicted molar refractivity (Wildman–Crippen MR) is 104 cm³/mol. The first-order valence-corrected chi connectivity index (χ1v) is 9.88. The van der Waals surface area contributed by atoms with E-state index in [2.05, 4.69) is 6.58 Å². The van der Waals surface area contributed by atoms with E-state index in [1.165, 1.54) is 0 Å². The van der Waals surface area contributed by atoms with E-state index in [4.69, 9.17) is 4.74 Å². The topological polar surface area (TPSA) is 88.8 Å². The van der Waals surface area contributed by atoms with Gasteiger partial charge in [0.1, 0.15) is 4.90 Å². The van der Waals surface area contributed by atoms with E-state index < -0.39 is 16.2 Å². The SMILES string of the molecule is C=CCOCC(O)Cn1c(-c2ccccc2)c(S(=O)(=O)O)c2ccccc21. The first-order chi connectivity index (χ1) is 12.9. The molecule has 0 fully saturated rings. The van der Waals surface area contributed by atoms with Crippen LogP contribution in [-0.2, 0) is 21.4 Å². The van der Waals surface area contributed by atoms with Crippen LogP contribution in [0.15, 0.2) is 72.1 Å². The zero-order chi connectivity index (χ0) is 19.4. The zero-order valence-electron chi connectivity index (χ0n) is 14.7. The Hall–Kier alpha value is -2.45. The molecule has 0 saturated carbocycles. The lowest BCUT2D eigenvalue weighted by Gasteiger charge is -2.16. The number of aromatic nitrogens is 1. The van der Waals surface area contributed by atoms with E-state index in [1.807, 2.05) is 6.07 Å². The second-order valence-corrected chi connectivity index (χ2v) is 7.48. The predicted octanol–water partition coefficient (Wildman–Crippen LogP) is 3.12. The number of hydrogen-bond donors (Lipinski definition) is 2. The summed E-state index contributed by atoms with van der Waals surface area (Å²) in [6, 6.07) is 15.8. The highest BCUT2D eigenvalue weighted by atomic mass is 32.2. The van der Waals surface area contributed by atoms with Gasteiger partial charge in [-0.05, 0) is 11.6 Å². The van der Waals surface area contributed by atoms with Crippen molar-refractivity contribution in [2.75, 3.05) is 13.2 Å². The van der Waals surface area contributed by atoms with Crippen LogP contribution in [0.3, 0.4) is 0 Å². The Morgan fingerprint density at radius 3 is 2.44 bits per heavy atom. The lowest BCUT2D eigenvalue weighted by Crippen LogP contribution is -2.22. The van der Waals surface area contributed by atoms with Crippen LogP contribution in [0.1, 0.15) is 0 Å². The Morgan fingerprint density at radius 1 is 1.11 bits per heavy atom. The average molecular weight is 387 g/mol. The number of aliphatic hydroxyl groups excluding tert-OH is 1. The molecular weight excluding hydrogens is 366 g/mol. The summed E-state index contributed by atoms with van der Waals surface area (Å²) in [5.41, 5.74) is 1.56. The third-order valence-corrected chi connectivity index (χ3v) is 5.10. The first kappa shape index (κ1) is 19.3. The second-order valence-electron chi connectivity index (χ2n) is 6.13. The largest absolute Gasteiger partial charge is 0.389 e. The molecule has 1 heterocycles. The van der Waals surface area contributed by atoms with Gasteiger partial charge in [-0.3, -0.25) is 4.55 Å². The fourth-order valence-corrected chi connectivity index (χ4v) is 4.08. The van der Waals surface area contributed by atoms with Crippen molar-refractivity contribution in [3.8, 4) is 11.3 Å². The van der Waals surface area contributed by atoms with Gasteiger partial charge in [-0.2, -0.15) is 8.42 Å². The minimum Gasteiger partial charge on any atom is -0.389 e. The van der Waals surface area contributed by atoms with Crippen molar-refractivity contribution in [1.82, 2.24) is 4.57 Å². The van der Waals surface area contributed by atoms with Crippen LogP contribution in [0.25, 0.3) is 22.2 Å². The molecule has 0 bridgehead atoms. The normalized spacial score (nSPS) is 13.0. The molecule has 0 amide bonds. The van der Waals surface area contributed by atoms with E-state index in [0.29, 0.717) is 28.8 Å². The fourth-order valence-electron chi connectivity index (χ4n) is 3.16. The number of benzene rings is 2. The molecule has 3 aromatic rings. The molecule has 2 aromatic carbocycles. The molecule has 0 aliphatic rings. The van der Waals surface area contributed by atoms with Crippen molar-refractivity contribution in [3.05, 3.63) is 67.3 Å². The fraction of sp³-hybridized carbons (Fsp3) is 0.200. The summed E-state index contributed by atoms with van der Waals surface area (Å²) in [4.78, 5) is -0.163. The highest BCUT2D eigenvalue weighted by Crippen LogP contribution is 2.37. The van der Waals surface area contributed by atoms with Crippen LogP contribution >= 0.6 is 0 Å². The Balaban J connectivity index is 2.20. The van der Waals surface area contributed by atoms with Gasteiger partial charge in [0.2, 0.25) is 0 Å². The molecule has 6 nitrogen and oxygen atoms in total. The van der Waals surface area contributed by atoms with Gasteiger partial charge in [-0.1, -0.05) is 54.6 Å². The van der Waals surface area contributed by atoms with Crippen molar-refractivity contribution in [1.29, 1.82) is 0 Å². The van der Waals surface area contributed by atoms with Crippen molar-refractivity contribution in [2.45, 2.75) is 17.5 Å². The summed E-state index contributed by atoms with van der Waals surface area (Å²) in [6.07, 6.45) is 0.723. The molecular formula is C20H21NO5S. The van der Waals surface area contributed by atoms with Crippen LogP contribution in [0.4, 0.5) is 0 Å². The molecule has 3 rings (SSSR count). The van der Waals surface area contributed by atoms with E-state index >= 15 is 0 Å².